The lowest BCUT2D eigenvalue weighted by Gasteiger charge is -2.07. The summed E-state index contributed by atoms with van der Waals surface area (Å²) in [5.74, 6) is 237. The van der Waals surface area contributed by atoms with E-state index >= 15 is 0 Å². The van der Waals surface area contributed by atoms with Gasteiger partial charge in [0, 0.05) is 488 Å². The molecule has 0 amide bonds. The molecule has 0 unspecified atom stereocenters. The van der Waals surface area contributed by atoms with Gasteiger partial charge in [-0.1, -0.05) is 5.92 Å². The van der Waals surface area contributed by atoms with Crippen molar-refractivity contribution in [1.82, 2.24) is 39.5 Å². The van der Waals surface area contributed by atoms with Crippen LogP contribution in [0.2, 0.25) is 0 Å². The van der Waals surface area contributed by atoms with Crippen LogP contribution in [0.1, 0.15) is 57.6 Å². The molecule has 0 aromatic carbocycles. The van der Waals surface area contributed by atoms with E-state index in [1.54, 1.807) is 53.5 Å². The summed E-state index contributed by atoms with van der Waals surface area (Å²) in [6.45, 7) is 11.1. The molecule has 1 N–H and O–H groups in total. The van der Waals surface area contributed by atoms with E-state index in [0.717, 1.165) is 11.1 Å². The quantitative estimate of drug-likeness (QED) is 0.232. The van der Waals surface area contributed by atoms with E-state index in [-0.39, 0.29) is 5.69 Å². The van der Waals surface area contributed by atoms with Crippen molar-refractivity contribution in [3.05, 3.63) is 59.0 Å². The van der Waals surface area contributed by atoms with Crippen molar-refractivity contribution in [3.8, 4) is 591 Å². The van der Waals surface area contributed by atoms with E-state index < -0.39 is 11.9 Å². The van der Waals surface area contributed by atoms with Gasteiger partial charge in [-0.05, 0) is 147 Å². The minimum Gasteiger partial charge on any atom is -0.477 e. The number of nitrogens with zero attached hydrogens (tertiary/aromatic N) is 8. The van der Waals surface area contributed by atoms with E-state index in [2.05, 4.69) is 593 Å². The first-order valence-corrected chi connectivity index (χ1v) is 35.4. The normalized spacial score (nSPS) is 5.74. The van der Waals surface area contributed by atoms with Crippen LogP contribution < -0.4 is 0 Å². The maximum atomic E-state index is 12.0. The number of aryl methyl sites for hydroxylation is 6. The average Bonchev–Trinajstić information content (AvgIpc) is 1.66. The van der Waals surface area contributed by atoms with Crippen molar-refractivity contribution in [3.63, 3.8) is 0 Å². The largest absolute Gasteiger partial charge is 0.477 e. The maximum Gasteiger partial charge on any atom is 0.357 e. The first-order chi connectivity index (χ1) is 65.5. The Balaban J connectivity index is 0.00000134. The van der Waals surface area contributed by atoms with Crippen LogP contribution in [-0.4, -0.2) is 63.1 Å². The number of rotatable bonds is 5. The van der Waals surface area contributed by atoms with Crippen LogP contribution in [-0.2, 0) is 18.8 Å². The molecule has 0 aliphatic carbocycles. The van der Waals surface area contributed by atoms with Gasteiger partial charge in [-0.3, -0.25) is 9.36 Å². The molecule has 4 aromatic heterocycles. The molecular formula is C121H32N8O4. The van der Waals surface area contributed by atoms with Crippen molar-refractivity contribution >= 4 is 11.9 Å². The number of hydrogen-bond donors (Lipinski definition) is 1. The van der Waals surface area contributed by atoms with Crippen molar-refractivity contribution in [2.75, 3.05) is 6.61 Å². The third kappa shape index (κ3) is 59.7. The van der Waals surface area contributed by atoms with Crippen LogP contribution in [0, 0.1) is 597 Å². The van der Waals surface area contributed by atoms with Gasteiger partial charge < -0.3 is 9.84 Å². The minimum absolute atomic E-state index is 0.131. The molecule has 133 heavy (non-hydrogen) atoms. The first kappa shape index (κ1) is 103. The van der Waals surface area contributed by atoms with Crippen molar-refractivity contribution in [2.45, 2.75) is 41.5 Å². The molecule has 0 aliphatic rings. The molecule has 12 heteroatoms. The Morgan fingerprint density at radius 3 is 0.586 bits per heavy atom. The summed E-state index contributed by atoms with van der Waals surface area (Å²) in [7, 11) is 3.30. The van der Waals surface area contributed by atoms with E-state index in [1.807, 2.05) is 20.8 Å². The van der Waals surface area contributed by atoms with Gasteiger partial charge in [-0.15, -0.1) is 6.42 Å². The monoisotopic (exact) mass is 1660 g/mol. The van der Waals surface area contributed by atoms with Crippen LogP contribution in [0.5, 0.6) is 0 Å². The van der Waals surface area contributed by atoms with Gasteiger partial charge in [0.15, 0.2) is 11.4 Å². The molecule has 12 nitrogen and oxygen atoms in total. The number of terminal acetylenes is 1. The molecule has 0 bridgehead atoms. The second-order valence-electron chi connectivity index (χ2n) is 20.0. The molecule has 4 rings (SSSR count). The lowest BCUT2D eigenvalue weighted by atomic mass is 10.1. The second kappa shape index (κ2) is 77.6. The fourth-order valence-corrected chi connectivity index (χ4v) is 6.46. The predicted octanol–water partition coefficient (Wildman–Crippen LogP) is 3.66. The zero-order chi connectivity index (χ0) is 95.7. The number of carboxylic acid groups (broad SMARTS) is 1. The van der Waals surface area contributed by atoms with Gasteiger partial charge in [-0.2, -0.15) is 10.2 Å². The number of ether oxygens (including phenoxy) is 1. The molecule has 0 atom stereocenters. The Morgan fingerprint density at radius 2 is 0.429 bits per heavy atom. The van der Waals surface area contributed by atoms with Crippen LogP contribution in [0.4, 0.5) is 0 Å². The van der Waals surface area contributed by atoms with Gasteiger partial charge in [-0.25, -0.2) is 29.5 Å². The zero-order valence-electron chi connectivity index (χ0n) is 70.3. The minimum atomic E-state index is -1.02. The maximum absolute atomic E-state index is 12.0. The fourth-order valence-electron chi connectivity index (χ4n) is 6.46. The third-order valence-electron chi connectivity index (χ3n) is 11.2. The molecule has 0 spiro atoms. The smallest absolute Gasteiger partial charge is 0.357 e. The van der Waals surface area contributed by atoms with E-state index in [1.165, 1.54) is 15.6 Å². The van der Waals surface area contributed by atoms with Crippen molar-refractivity contribution < 1.29 is 19.4 Å². The molecule has 4 heterocycles. The highest BCUT2D eigenvalue weighted by Crippen LogP contribution is 2.26. The number of aromatic nitrogens is 8. The third-order valence-corrected chi connectivity index (χ3v) is 11.2. The summed E-state index contributed by atoms with van der Waals surface area (Å²) in [6, 6.07) is 0. The molecule has 0 fully saturated rings. The van der Waals surface area contributed by atoms with Crippen molar-refractivity contribution in [2.24, 2.45) is 14.1 Å². The highest BCUT2D eigenvalue weighted by Gasteiger charge is 2.22. The van der Waals surface area contributed by atoms with Crippen LogP contribution >= 0.6 is 0 Å². The molecule has 580 valence electrons. The number of esters is 1. The number of aromatic carboxylic acids is 1. The van der Waals surface area contributed by atoms with Gasteiger partial charge in [0.1, 0.15) is 11.6 Å². The number of carbonyl (C=O) groups is 2. The van der Waals surface area contributed by atoms with E-state index in [0.29, 0.717) is 46.5 Å². The predicted molar refractivity (Wildman–Crippen MR) is 510 cm³/mol. The lowest BCUT2D eigenvalue weighted by molar-refractivity contribution is 0.0514. The summed E-state index contributed by atoms with van der Waals surface area (Å²) in [4.78, 5) is 40.0. The number of carbonyl (C=O) groups excluding carboxylic acids is 1. The molecule has 0 aliphatic heterocycles. The van der Waals surface area contributed by atoms with Gasteiger partial charge in [0.05, 0.1) is 41.5 Å². The molecule has 4 aromatic rings. The zero-order valence-corrected chi connectivity index (χ0v) is 70.3. The Morgan fingerprint density at radius 1 is 0.271 bits per heavy atom. The highest BCUT2D eigenvalue weighted by atomic mass is 16.5. The van der Waals surface area contributed by atoms with Gasteiger partial charge in [0.25, 0.3) is 0 Å². The number of hydrogen-bond acceptors (Lipinski definition) is 9. The summed E-state index contributed by atoms with van der Waals surface area (Å²) < 4.78 is 7.89. The first-order valence-electron chi connectivity index (χ1n) is 35.4. The average molecular weight is 1660 g/mol. The fraction of sp³-hybridized carbons (Fsp3) is 0.0744. The van der Waals surface area contributed by atoms with Crippen LogP contribution in [0.3, 0.4) is 0 Å². The summed E-state index contributed by atoms with van der Waals surface area (Å²) >= 11 is 0. The van der Waals surface area contributed by atoms with Crippen LogP contribution in [0.25, 0.3) is 22.5 Å². The van der Waals surface area contributed by atoms with Gasteiger partial charge in [0.2, 0.25) is 0 Å². The summed E-state index contributed by atoms with van der Waals surface area (Å²) in [6.07, 6.45) is 11.5. The van der Waals surface area contributed by atoms with E-state index in [4.69, 9.17) is 16.3 Å². The Bertz CT molecular complexity index is 9050. The van der Waals surface area contributed by atoms with Gasteiger partial charge >= 0.3 is 11.9 Å². The Kier molecular flexibility index (Phi) is 60.4. The van der Waals surface area contributed by atoms with Crippen LogP contribution in [0.15, 0.2) is 24.8 Å². The molecule has 0 saturated heterocycles. The summed E-state index contributed by atoms with van der Waals surface area (Å²) in [5.41, 5.74) is 4.77. The standard InChI is InChI=1S/C97H4.C13H16N4O2.C11H12N4O2/c1-3-5-7-9-11-13-15-17-19-21-23-25-27-29-31-33-35-37-39-41-43-45-47-49-51-53-55-57-59-61-63-65-67-69-71-73-75-77-79-81-83-85-87-89-91-93-95-97-96-94-92-90-88-86-84-82-80-78-76-74-72-70-68-66-64-62-60-58-56-54-52-50-48-46-44-42-40-38-36-34-32-30-28-26-24-22-20-18-16-14-12-10-8-6-4-2;1-5-19-13(18)12-10(7-15-17(12)4)11-8(2)6-14-9(3)16-11;1-6-4-12-7(2)14-9(6)8-5-13-15(3)10(8)11(16)17/h1H,2H3;6-7H,5H2,1-4H3;4-5H,1-3H3,(H,16,17). The summed E-state index contributed by atoms with van der Waals surface area (Å²) in [5, 5.41) is 17.2. The molecular weight excluding hydrogens is 1630 g/mol. The topological polar surface area (TPSA) is 151 Å². The Hall–Kier alpha value is -25.6. The molecule has 0 saturated carbocycles. The lowest BCUT2D eigenvalue weighted by Crippen LogP contribution is -2.12. The highest BCUT2D eigenvalue weighted by molar-refractivity contribution is 5.95. The van der Waals surface area contributed by atoms with Crippen molar-refractivity contribution in [1.29, 1.82) is 0 Å². The SMILES string of the molecule is C#CC#CC#CC#CC#CC#CC#CC#CC#CC#CC#CC#CC#CC#CC#CC#CC#CC#CC#CC#CC#CC#CC#CC#CC#CC#CC#CC#CC#CC#CC#CC#CC#CC#CC#CC#CC#CC#CC#CC#CC#CC#CC#CC#CC#CC#CC#CC#CC.CCOC(=O)c1c(-c2nc(C)ncc2C)cnn1C.Cc1ncc(C)c(-c2cnn(C)c2C(=O)O)n1. The molecule has 0 radical (unpaired) electrons. The number of carboxylic acids is 1. The Labute approximate surface area is 778 Å². The second-order valence-corrected chi connectivity index (χ2v) is 20.0. The van der Waals surface area contributed by atoms with E-state index in [9.17, 15) is 9.59 Å².